The number of hydrogen-bond acceptors (Lipinski definition) is 2. The molecule has 1 aliphatic rings. The van der Waals surface area contributed by atoms with E-state index in [4.69, 9.17) is 16.3 Å². The molecule has 7 heteroatoms. The fraction of sp³-hybridized carbons (Fsp3) is 0.562. The Morgan fingerprint density at radius 2 is 2.09 bits per heavy atom. The number of benzene rings is 1. The topological polar surface area (TPSA) is 41.6 Å². The molecular weight excluding hydrogens is 326 g/mol. The minimum absolute atomic E-state index is 0.0631. The van der Waals surface area contributed by atoms with Crippen LogP contribution in [0.4, 0.5) is 13.6 Å². The summed E-state index contributed by atoms with van der Waals surface area (Å²) in [4.78, 5) is 13.5. The number of urea groups is 1. The molecule has 0 aromatic heterocycles. The predicted molar refractivity (Wildman–Crippen MR) is 85.2 cm³/mol. The van der Waals surface area contributed by atoms with Crippen molar-refractivity contribution in [1.29, 1.82) is 0 Å². The maximum absolute atomic E-state index is 13.1. The average Bonchev–Trinajstić information content (AvgIpc) is 2.51. The van der Waals surface area contributed by atoms with Gasteiger partial charge in [-0.25, -0.2) is 13.6 Å². The Bertz CT molecular complexity index is 545. The van der Waals surface area contributed by atoms with Crippen LogP contribution in [-0.4, -0.2) is 36.5 Å². The van der Waals surface area contributed by atoms with Gasteiger partial charge in [0, 0.05) is 43.1 Å². The highest BCUT2D eigenvalue weighted by Crippen LogP contribution is 2.28. The summed E-state index contributed by atoms with van der Waals surface area (Å²) in [7, 11) is 0. The second-order valence-corrected chi connectivity index (χ2v) is 6.04. The number of nitrogens with one attached hydrogen (secondary N) is 1. The maximum atomic E-state index is 13.1. The first kappa shape index (κ1) is 17.8. The summed E-state index contributed by atoms with van der Waals surface area (Å²) < 4.78 is 31.9. The first-order valence-corrected chi connectivity index (χ1v) is 8.11. The van der Waals surface area contributed by atoms with E-state index in [0.717, 1.165) is 12.0 Å². The third-order valence-corrected chi connectivity index (χ3v) is 3.93. The Kier molecular flexibility index (Phi) is 6.04. The zero-order valence-corrected chi connectivity index (χ0v) is 13.8. The Hall–Kier alpha value is -1.56. The summed E-state index contributed by atoms with van der Waals surface area (Å²) >= 11 is 5.98. The molecule has 0 saturated carbocycles. The van der Waals surface area contributed by atoms with Gasteiger partial charge in [-0.2, -0.15) is 0 Å². The number of likely N-dealkylation sites (tertiary alicyclic amines) is 1. The van der Waals surface area contributed by atoms with Crippen LogP contribution < -0.4 is 10.1 Å². The molecule has 2 rings (SSSR count). The number of hydrogen-bond donors (Lipinski definition) is 1. The summed E-state index contributed by atoms with van der Waals surface area (Å²) in [5, 5.41) is 3.30. The fourth-order valence-electron chi connectivity index (χ4n) is 2.36. The van der Waals surface area contributed by atoms with Crippen LogP contribution in [0.5, 0.6) is 5.75 Å². The van der Waals surface area contributed by atoms with Crippen LogP contribution in [0.2, 0.25) is 5.02 Å². The quantitative estimate of drug-likeness (QED) is 0.873. The molecule has 1 N–H and O–H groups in total. The van der Waals surface area contributed by atoms with E-state index in [1.807, 2.05) is 6.92 Å². The molecule has 0 atom stereocenters. The van der Waals surface area contributed by atoms with Gasteiger partial charge in [-0.1, -0.05) is 18.5 Å². The summed E-state index contributed by atoms with van der Waals surface area (Å²) in [5.74, 6) is -1.99. The van der Waals surface area contributed by atoms with Crippen molar-refractivity contribution in [3.8, 4) is 5.75 Å². The average molecular weight is 347 g/mol. The highest BCUT2D eigenvalue weighted by molar-refractivity contribution is 6.30. The Morgan fingerprint density at radius 3 is 2.74 bits per heavy atom. The number of ether oxygens (including phenoxy) is 1. The summed E-state index contributed by atoms with van der Waals surface area (Å²) in [6, 6.07) is 4.88. The normalized spacial score (nSPS) is 17.0. The van der Waals surface area contributed by atoms with E-state index in [-0.39, 0.29) is 38.5 Å². The van der Waals surface area contributed by atoms with Crippen LogP contribution >= 0.6 is 11.6 Å². The minimum atomic E-state index is -2.66. The van der Waals surface area contributed by atoms with Crippen molar-refractivity contribution in [3.63, 3.8) is 0 Å². The number of halogens is 3. The lowest BCUT2D eigenvalue weighted by molar-refractivity contribution is -0.0469. The molecule has 0 bridgehead atoms. The van der Waals surface area contributed by atoms with Crippen molar-refractivity contribution < 1.29 is 18.3 Å². The van der Waals surface area contributed by atoms with Crippen molar-refractivity contribution >= 4 is 17.6 Å². The molecule has 1 heterocycles. The van der Waals surface area contributed by atoms with Crippen molar-refractivity contribution in [2.45, 2.75) is 38.7 Å². The Balaban J connectivity index is 1.92. The zero-order valence-electron chi connectivity index (χ0n) is 13.1. The van der Waals surface area contributed by atoms with Crippen molar-refractivity contribution in [2.24, 2.45) is 0 Å². The van der Waals surface area contributed by atoms with Gasteiger partial charge in [-0.3, -0.25) is 0 Å². The second kappa shape index (κ2) is 7.81. The van der Waals surface area contributed by atoms with Crippen molar-refractivity contribution in [1.82, 2.24) is 10.2 Å². The molecule has 4 nitrogen and oxygen atoms in total. The van der Waals surface area contributed by atoms with E-state index in [1.54, 1.807) is 18.2 Å². The minimum Gasteiger partial charge on any atom is -0.493 e. The van der Waals surface area contributed by atoms with Crippen LogP contribution in [0.15, 0.2) is 18.2 Å². The highest BCUT2D eigenvalue weighted by atomic mass is 35.5. The molecule has 2 amide bonds. The van der Waals surface area contributed by atoms with Gasteiger partial charge in [-0.15, -0.1) is 0 Å². The lowest BCUT2D eigenvalue weighted by Gasteiger charge is -2.31. The maximum Gasteiger partial charge on any atom is 0.317 e. The van der Waals surface area contributed by atoms with E-state index in [0.29, 0.717) is 17.4 Å². The summed E-state index contributed by atoms with van der Waals surface area (Å²) in [6.07, 6.45) is 0.293. The van der Waals surface area contributed by atoms with Crippen LogP contribution in [-0.2, 0) is 6.54 Å². The third kappa shape index (κ3) is 5.23. The Morgan fingerprint density at radius 1 is 1.39 bits per heavy atom. The molecule has 128 valence electrons. The molecule has 0 radical (unpaired) electrons. The molecule has 1 aromatic rings. The van der Waals surface area contributed by atoms with Crippen LogP contribution in [0, 0.1) is 0 Å². The van der Waals surface area contributed by atoms with E-state index < -0.39 is 5.92 Å². The van der Waals surface area contributed by atoms with Crippen LogP contribution in [0.3, 0.4) is 0 Å². The first-order chi connectivity index (χ1) is 10.9. The molecule has 0 aliphatic carbocycles. The number of piperidine rings is 1. The van der Waals surface area contributed by atoms with E-state index >= 15 is 0 Å². The van der Waals surface area contributed by atoms with Gasteiger partial charge in [0.1, 0.15) is 5.75 Å². The molecule has 0 spiro atoms. The van der Waals surface area contributed by atoms with Gasteiger partial charge in [-0.05, 0) is 24.6 Å². The molecular formula is C16H21ClF2N2O2. The van der Waals surface area contributed by atoms with Gasteiger partial charge in [0.15, 0.2) is 0 Å². The zero-order chi connectivity index (χ0) is 16.9. The summed E-state index contributed by atoms with van der Waals surface area (Å²) in [6.45, 7) is 2.94. The first-order valence-electron chi connectivity index (χ1n) is 7.73. The van der Waals surface area contributed by atoms with Gasteiger partial charge in [0.2, 0.25) is 0 Å². The van der Waals surface area contributed by atoms with Crippen LogP contribution in [0.1, 0.15) is 31.7 Å². The monoisotopic (exact) mass is 346 g/mol. The summed E-state index contributed by atoms with van der Waals surface area (Å²) in [5.41, 5.74) is 0.765. The van der Waals surface area contributed by atoms with Crippen molar-refractivity contribution in [3.05, 3.63) is 28.8 Å². The smallest absolute Gasteiger partial charge is 0.317 e. The van der Waals surface area contributed by atoms with Gasteiger partial charge < -0.3 is 15.0 Å². The van der Waals surface area contributed by atoms with E-state index in [9.17, 15) is 13.6 Å². The number of rotatable bonds is 5. The molecule has 1 saturated heterocycles. The number of alkyl halides is 2. The number of nitrogens with zero attached hydrogens (tertiary/aromatic N) is 1. The lowest BCUT2D eigenvalue weighted by atomic mass is 10.1. The lowest BCUT2D eigenvalue weighted by Crippen LogP contribution is -2.47. The SMILES string of the molecule is CCCOc1ccc(Cl)cc1CNC(=O)N1CCC(F)(F)CC1. The Labute approximate surface area is 139 Å². The largest absolute Gasteiger partial charge is 0.493 e. The molecule has 1 aromatic carbocycles. The molecule has 1 aliphatic heterocycles. The number of amides is 2. The van der Waals surface area contributed by atoms with Gasteiger partial charge in [0.05, 0.1) is 6.61 Å². The van der Waals surface area contributed by atoms with Gasteiger partial charge >= 0.3 is 6.03 Å². The number of carbonyl (C=O) groups is 1. The number of carbonyl (C=O) groups excluding carboxylic acids is 1. The second-order valence-electron chi connectivity index (χ2n) is 5.60. The van der Waals surface area contributed by atoms with Gasteiger partial charge in [0.25, 0.3) is 5.92 Å². The van der Waals surface area contributed by atoms with Crippen LogP contribution in [0.25, 0.3) is 0 Å². The fourth-order valence-corrected chi connectivity index (χ4v) is 2.55. The third-order valence-electron chi connectivity index (χ3n) is 3.70. The highest BCUT2D eigenvalue weighted by Gasteiger charge is 2.35. The standard InChI is InChI=1S/C16H21ClF2N2O2/c1-2-9-23-14-4-3-13(17)10-12(14)11-20-15(22)21-7-5-16(18,19)6-8-21/h3-4,10H,2,5-9,11H2,1H3,(H,20,22). The van der Waals surface area contributed by atoms with E-state index in [2.05, 4.69) is 5.32 Å². The predicted octanol–water partition coefficient (Wildman–Crippen LogP) is 4.07. The van der Waals surface area contributed by atoms with Crippen molar-refractivity contribution in [2.75, 3.05) is 19.7 Å². The molecule has 1 fully saturated rings. The molecule has 23 heavy (non-hydrogen) atoms. The molecule has 0 unspecified atom stereocenters. The van der Waals surface area contributed by atoms with E-state index in [1.165, 1.54) is 4.90 Å².